The van der Waals surface area contributed by atoms with Gasteiger partial charge in [-0.3, -0.25) is 9.59 Å². The summed E-state index contributed by atoms with van der Waals surface area (Å²) in [5.74, 6) is 0.521. The molecule has 3 atom stereocenters. The number of nitrogens with zero attached hydrogens (tertiary/aromatic N) is 1. The molecular weight excluding hydrogens is 516 g/mol. The number of aryl methyl sites for hydroxylation is 2. The van der Waals surface area contributed by atoms with Crippen molar-refractivity contribution in [3.05, 3.63) is 64.4 Å². The normalized spacial score (nSPS) is 21.1. The Morgan fingerprint density at radius 1 is 1.08 bits per heavy atom. The van der Waals surface area contributed by atoms with Crippen molar-refractivity contribution in [1.82, 2.24) is 15.5 Å². The summed E-state index contributed by atoms with van der Waals surface area (Å²) < 4.78 is 17.2. The highest BCUT2D eigenvalue weighted by atomic mass is 32.1. The molecule has 10 heteroatoms. The molecule has 1 fully saturated rings. The zero-order chi connectivity index (χ0) is 28.3. The fourth-order valence-electron chi connectivity index (χ4n) is 4.98. The minimum absolute atomic E-state index is 0.0205. The quantitative estimate of drug-likeness (QED) is 0.447. The molecule has 2 aliphatic rings. The van der Waals surface area contributed by atoms with Gasteiger partial charge in [-0.05, 0) is 76.2 Å². The molecule has 2 amide bonds. The maximum Gasteiger partial charge on any atom is 0.260 e. The van der Waals surface area contributed by atoms with Crippen LogP contribution in [0.5, 0.6) is 11.5 Å². The van der Waals surface area contributed by atoms with Crippen molar-refractivity contribution in [2.24, 2.45) is 0 Å². The molecule has 0 saturated carbocycles. The third kappa shape index (κ3) is 6.69. The largest absolute Gasteiger partial charge is 0.493 e. The monoisotopic (exact) mass is 552 g/mol. The SMILES string of the molecule is COc1cc([C@H]2NC(=S)NC(C)=C2C(=O)Nc2ccc(C)cc2C)ccc1OCC(=O)N1C[C@@H](C)O[C@H](C)C1. The Balaban J connectivity index is 1.53. The van der Waals surface area contributed by atoms with Gasteiger partial charge in [0.1, 0.15) is 0 Å². The smallest absolute Gasteiger partial charge is 0.260 e. The molecule has 2 aliphatic heterocycles. The Bertz CT molecular complexity index is 1300. The van der Waals surface area contributed by atoms with Crippen LogP contribution in [0.25, 0.3) is 0 Å². The Morgan fingerprint density at radius 2 is 1.79 bits per heavy atom. The lowest BCUT2D eigenvalue weighted by Gasteiger charge is -2.35. The van der Waals surface area contributed by atoms with Crippen molar-refractivity contribution in [3.63, 3.8) is 0 Å². The fraction of sp³-hybridized carbons (Fsp3) is 0.414. The van der Waals surface area contributed by atoms with Crippen molar-refractivity contribution in [2.75, 3.05) is 32.1 Å². The minimum atomic E-state index is -0.523. The van der Waals surface area contributed by atoms with Gasteiger partial charge in [-0.25, -0.2) is 0 Å². The number of allylic oxidation sites excluding steroid dienone is 1. The Labute approximate surface area is 234 Å². The molecule has 1 saturated heterocycles. The van der Waals surface area contributed by atoms with E-state index in [-0.39, 0.29) is 30.6 Å². The average molecular weight is 553 g/mol. The Hall–Kier alpha value is -3.63. The van der Waals surface area contributed by atoms with Crippen LogP contribution in [0.4, 0.5) is 5.69 Å². The van der Waals surface area contributed by atoms with Crippen LogP contribution in [0.3, 0.4) is 0 Å². The first-order chi connectivity index (χ1) is 18.5. The summed E-state index contributed by atoms with van der Waals surface area (Å²) in [4.78, 5) is 28.0. The second kappa shape index (κ2) is 12.0. The highest BCUT2D eigenvalue weighted by Gasteiger charge is 2.31. The van der Waals surface area contributed by atoms with E-state index in [2.05, 4.69) is 16.0 Å². The molecule has 4 rings (SSSR count). The van der Waals surface area contributed by atoms with Crippen molar-refractivity contribution < 1.29 is 23.8 Å². The number of thiocarbonyl (C=S) groups is 1. The van der Waals surface area contributed by atoms with Gasteiger partial charge in [-0.2, -0.15) is 0 Å². The predicted molar refractivity (Wildman–Crippen MR) is 154 cm³/mol. The van der Waals surface area contributed by atoms with E-state index in [1.807, 2.05) is 58.9 Å². The molecule has 9 nitrogen and oxygen atoms in total. The maximum atomic E-state index is 13.5. The summed E-state index contributed by atoms with van der Waals surface area (Å²) >= 11 is 5.40. The fourth-order valence-corrected chi connectivity index (χ4v) is 5.25. The summed E-state index contributed by atoms with van der Waals surface area (Å²) in [5, 5.41) is 9.72. The molecule has 0 bridgehead atoms. The summed E-state index contributed by atoms with van der Waals surface area (Å²) in [5.41, 5.74) is 4.76. The predicted octanol–water partition coefficient (Wildman–Crippen LogP) is 3.76. The Morgan fingerprint density at radius 3 is 2.46 bits per heavy atom. The van der Waals surface area contributed by atoms with E-state index in [4.69, 9.17) is 26.4 Å². The van der Waals surface area contributed by atoms with Crippen molar-refractivity contribution in [1.29, 1.82) is 0 Å². The molecular formula is C29H36N4O5S. The average Bonchev–Trinajstić information content (AvgIpc) is 2.87. The molecule has 0 radical (unpaired) electrons. The minimum Gasteiger partial charge on any atom is -0.493 e. The molecule has 2 heterocycles. The van der Waals surface area contributed by atoms with Gasteiger partial charge >= 0.3 is 0 Å². The second-order valence-electron chi connectivity index (χ2n) is 10.1. The van der Waals surface area contributed by atoms with Crippen LogP contribution >= 0.6 is 12.2 Å². The number of hydrogen-bond acceptors (Lipinski definition) is 6. The second-order valence-corrected chi connectivity index (χ2v) is 10.5. The van der Waals surface area contributed by atoms with Gasteiger partial charge in [-0.1, -0.05) is 23.8 Å². The van der Waals surface area contributed by atoms with Crippen molar-refractivity contribution in [3.8, 4) is 11.5 Å². The molecule has 0 aliphatic carbocycles. The van der Waals surface area contributed by atoms with Gasteiger partial charge in [0.15, 0.2) is 23.2 Å². The molecule has 0 spiro atoms. The number of amides is 2. The lowest BCUT2D eigenvalue weighted by atomic mass is 9.94. The highest BCUT2D eigenvalue weighted by molar-refractivity contribution is 7.80. The van der Waals surface area contributed by atoms with Gasteiger partial charge in [0, 0.05) is 24.5 Å². The third-order valence-corrected chi connectivity index (χ3v) is 7.01. The topological polar surface area (TPSA) is 101 Å². The first-order valence-electron chi connectivity index (χ1n) is 13.0. The first kappa shape index (κ1) is 28.4. The van der Waals surface area contributed by atoms with E-state index in [9.17, 15) is 9.59 Å². The standard InChI is InChI=1S/C29H36N4O5S/c1-16-7-9-22(17(2)11-16)31-28(35)26-20(5)30-29(39)32-27(26)21-8-10-23(24(12-21)36-6)37-15-25(34)33-13-18(3)38-19(4)14-33/h7-12,18-19,27H,13-15H2,1-6H3,(H,31,35)(H2,30,32,39)/t18-,19-,27-/m1/s1. The number of morpholine rings is 1. The van der Waals surface area contributed by atoms with E-state index < -0.39 is 6.04 Å². The molecule has 2 aromatic carbocycles. The number of carbonyl (C=O) groups excluding carboxylic acids is 2. The van der Waals surface area contributed by atoms with Gasteiger partial charge in [0.05, 0.1) is 30.9 Å². The van der Waals surface area contributed by atoms with Gasteiger partial charge in [0.25, 0.3) is 11.8 Å². The zero-order valence-corrected chi connectivity index (χ0v) is 24.0. The van der Waals surface area contributed by atoms with Crippen LogP contribution in [-0.2, 0) is 14.3 Å². The van der Waals surface area contributed by atoms with Crippen LogP contribution in [0, 0.1) is 13.8 Å². The first-order valence-corrected chi connectivity index (χ1v) is 13.4. The van der Waals surface area contributed by atoms with E-state index in [1.165, 1.54) is 7.11 Å². The summed E-state index contributed by atoms with van der Waals surface area (Å²) in [6.07, 6.45) is -0.0409. The zero-order valence-electron chi connectivity index (χ0n) is 23.2. The molecule has 0 unspecified atom stereocenters. The molecule has 3 N–H and O–H groups in total. The van der Waals surface area contributed by atoms with Gasteiger partial charge < -0.3 is 35.1 Å². The maximum absolute atomic E-state index is 13.5. The van der Waals surface area contributed by atoms with Gasteiger partial charge in [0.2, 0.25) is 0 Å². The number of ether oxygens (including phenoxy) is 3. The van der Waals surface area contributed by atoms with Crippen molar-refractivity contribution >= 4 is 34.8 Å². The van der Waals surface area contributed by atoms with Crippen LogP contribution < -0.4 is 25.4 Å². The highest BCUT2D eigenvalue weighted by Crippen LogP contribution is 2.35. The number of nitrogens with one attached hydrogen (secondary N) is 3. The lowest BCUT2D eigenvalue weighted by Crippen LogP contribution is -2.49. The number of carbonyl (C=O) groups is 2. The molecule has 2 aromatic rings. The molecule has 0 aromatic heterocycles. The summed E-state index contributed by atoms with van der Waals surface area (Å²) in [7, 11) is 1.54. The van der Waals surface area contributed by atoms with Crippen LogP contribution in [0.15, 0.2) is 47.7 Å². The van der Waals surface area contributed by atoms with Crippen LogP contribution in [0.2, 0.25) is 0 Å². The number of benzene rings is 2. The summed E-state index contributed by atoms with van der Waals surface area (Å²) in [6.45, 7) is 10.6. The molecule has 208 valence electrons. The van der Waals surface area contributed by atoms with E-state index >= 15 is 0 Å². The van der Waals surface area contributed by atoms with E-state index in [0.717, 1.165) is 22.4 Å². The van der Waals surface area contributed by atoms with E-state index in [0.29, 0.717) is 41.0 Å². The number of hydrogen-bond donors (Lipinski definition) is 3. The lowest BCUT2D eigenvalue weighted by molar-refractivity contribution is -0.145. The van der Waals surface area contributed by atoms with Crippen molar-refractivity contribution in [2.45, 2.75) is 52.9 Å². The van der Waals surface area contributed by atoms with Crippen LogP contribution in [-0.4, -0.2) is 60.8 Å². The van der Waals surface area contributed by atoms with E-state index in [1.54, 1.807) is 17.0 Å². The Kier molecular flexibility index (Phi) is 8.76. The number of methoxy groups -OCH3 is 1. The summed E-state index contributed by atoms with van der Waals surface area (Å²) in [6, 6.07) is 10.7. The van der Waals surface area contributed by atoms with Gasteiger partial charge in [-0.15, -0.1) is 0 Å². The number of anilines is 1. The van der Waals surface area contributed by atoms with Crippen LogP contribution in [0.1, 0.15) is 43.5 Å². The molecule has 39 heavy (non-hydrogen) atoms. The number of rotatable bonds is 7. The third-order valence-electron chi connectivity index (χ3n) is 6.79.